The monoisotopic (exact) mass is 290 g/mol. The normalized spacial score (nSPS) is 9.80. The highest BCUT2D eigenvalue weighted by Gasteiger charge is 2.26. The molecule has 0 radical (unpaired) electrons. The fourth-order valence-corrected chi connectivity index (χ4v) is 0.663. The van der Waals surface area contributed by atoms with Crippen molar-refractivity contribution in [2.45, 2.75) is 0 Å². The van der Waals surface area contributed by atoms with Crippen LogP contribution < -0.4 is 10.6 Å². The largest absolute Gasteiger partial charge is 0.396 e. The number of hydrogen-bond acceptors (Lipinski definition) is 6. The molecule has 0 saturated heterocycles. The summed E-state index contributed by atoms with van der Waals surface area (Å²) in [7, 11) is 0. The minimum absolute atomic E-state index is 0.0930. The third kappa shape index (κ3) is 9.22. The molecule has 0 saturated carbocycles. The van der Waals surface area contributed by atoms with Crippen molar-refractivity contribution in [1.82, 2.24) is 10.6 Å². The number of nitrogens with one attached hydrogen (secondary N) is 2. The molecule has 116 valence electrons. The van der Waals surface area contributed by atoms with Crippen molar-refractivity contribution in [3.05, 3.63) is 25.3 Å². The molecule has 2 amide bonds. The second-order valence-electron chi connectivity index (χ2n) is 3.80. The summed E-state index contributed by atoms with van der Waals surface area (Å²) in [5.74, 6) is -0.649. The predicted octanol–water partition coefficient (Wildman–Crippen LogP) is -2.51. The Labute approximate surface area is 117 Å². The van der Waals surface area contributed by atoms with Crippen LogP contribution in [0.15, 0.2) is 25.3 Å². The smallest absolute Gasteiger partial charge is 0.244 e. The molecule has 8 nitrogen and oxygen atoms in total. The Morgan fingerprint density at radius 2 is 1.15 bits per heavy atom. The molecule has 0 aromatic carbocycles. The van der Waals surface area contributed by atoms with E-state index < -0.39 is 31.8 Å². The summed E-state index contributed by atoms with van der Waals surface area (Å²) in [6.45, 7) is 4.94. The van der Waals surface area contributed by atoms with Gasteiger partial charge in [0.1, 0.15) is 0 Å². The summed E-state index contributed by atoms with van der Waals surface area (Å²) < 4.78 is 0. The number of amides is 2. The first kappa shape index (κ1) is 20.6. The van der Waals surface area contributed by atoms with Gasteiger partial charge in [0.05, 0.1) is 38.5 Å². The van der Waals surface area contributed by atoms with Gasteiger partial charge in [-0.25, -0.2) is 0 Å². The second kappa shape index (κ2) is 12.3. The molecule has 0 unspecified atom stereocenters. The summed E-state index contributed by atoms with van der Waals surface area (Å²) in [6.07, 6.45) is 2.25. The highest BCUT2D eigenvalue weighted by atomic mass is 16.3. The number of carbonyl (C=O) groups excluding carboxylic acids is 2. The molecule has 20 heavy (non-hydrogen) atoms. The highest BCUT2D eigenvalue weighted by molar-refractivity contribution is 5.89. The van der Waals surface area contributed by atoms with E-state index in [9.17, 15) is 9.59 Å². The maximum atomic E-state index is 10.5. The molecule has 0 bridgehead atoms. The first-order valence-corrected chi connectivity index (χ1v) is 5.69. The lowest BCUT2D eigenvalue weighted by atomic mass is 9.93. The van der Waals surface area contributed by atoms with Crippen molar-refractivity contribution in [3.63, 3.8) is 0 Å². The van der Waals surface area contributed by atoms with Gasteiger partial charge in [0.15, 0.2) is 0 Å². The first-order chi connectivity index (χ1) is 9.44. The maximum Gasteiger partial charge on any atom is 0.244 e. The van der Waals surface area contributed by atoms with Gasteiger partial charge in [0, 0.05) is 0 Å². The quantitative estimate of drug-likeness (QED) is 0.216. The highest BCUT2D eigenvalue weighted by Crippen LogP contribution is 2.11. The van der Waals surface area contributed by atoms with Gasteiger partial charge in [-0.1, -0.05) is 13.2 Å². The van der Waals surface area contributed by atoms with Crippen molar-refractivity contribution in [2.75, 3.05) is 33.1 Å². The lowest BCUT2D eigenvalue weighted by Crippen LogP contribution is -2.37. The van der Waals surface area contributed by atoms with Gasteiger partial charge in [-0.05, 0) is 12.2 Å². The van der Waals surface area contributed by atoms with Crippen LogP contribution in [0.4, 0.5) is 0 Å². The number of aliphatic hydroxyl groups is 4. The van der Waals surface area contributed by atoms with Crippen LogP contribution in [0.3, 0.4) is 0 Å². The van der Waals surface area contributed by atoms with Gasteiger partial charge < -0.3 is 31.1 Å². The predicted molar refractivity (Wildman–Crippen MR) is 72.3 cm³/mol. The van der Waals surface area contributed by atoms with E-state index >= 15 is 0 Å². The lowest BCUT2D eigenvalue weighted by molar-refractivity contribution is -0.118. The van der Waals surface area contributed by atoms with E-state index in [0.29, 0.717) is 0 Å². The molecule has 0 spiro atoms. The minimum Gasteiger partial charge on any atom is -0.396 e. The van der Waals surface area contributed by atoms with Crippen molar-refractivity contribution in [2.24, 2.45) is 5.41 Å². The minimum atomic E-state index is -1.11. The van der Waals surface area contributed by atoms with Gasteiger partial charge in [0.2, 0.25) is 11.8 Å². The van der Waals surface area contributed by atoms with Crippen molar-refractivity contribution < 1.29 is 30.0 Å². The molecule has 0 rings (SSSR count). The van der Waals surface area contributed by atoms with Crippen LogP contribution in [-0.4, -0.2) is 65.3 Å². The van der Waals surface area contributed by atoms with Crippen molar-refractivity contribution in [3.8, 4) is 0 Å². The Balaban J connectivity index is 0. The average molecular weight is 290 g/mol. The Bertz CT molecular complexity index is 278. The molecule has 0 aliphatic heterocycles. The molecular weight excluding hydrogens is 268 g/mol. The Morgan fingerprint density at radius 1 is 0.850 bits per heavy atom. The Hall–Kier alpha value is -1.74. The molecule has 0 heterocycles. The van der Waals surface area contributed by atoms with E-state index in [1.807, 2.05) is 0 Å². The number of hydrogen-bond donors (Lipinski definition) is 6. The van der Waals surface area contributed by atoms with Crippen molar-refractivity contribution >= 4 is 11.8 Å². The Kier molecular flexibility index (Phi) is 12.7. The third-order valence-electron chi connectivity index (χ3n) is 2.24. The third-order valence-corrected chi connectivity index (χ3v) is 2.24. The summed E-state index contributed by atoms with van der Waals surface area (Å²) in [5, 5.41) is 38.7. The van der Waals surface area contributed by atoms with Gasteiger partial charge in [-0.2, -0.15) is 0 Å². The molecule has 0 aromatic heterocycles. The van der Waals surface area contributed by atoms with Gasteiger partial charge in [0.25, 0.3) is 0 Å². The molecule has 0 atom stereocenters. The molecular formula is C12H22N2O6. The lowest BCUT2D eigenvalue weighted by Gasteiger charge is -2.23. The topological polar surface area (TPSA) is 139 Å². The number of aliphatic hydroxyl groups excluding tert-OH is 4. The van der Waals surface area contributed by atoms with Crippen LogP contribution in [0.1, 0.15) is 0 Å². The fourth-order valence-electron chi connectivity index (χ4n) is 0.663. The van der Waals surface area contributed by atoms with E-state index in [1.165, 1.54) is 0 Å². The summed E-state index contributed by atoms with van der Waals surface area (Å²) in [6, 6.07) is 0. The molecule has 0 aliphatic carbocycles. The molecule has 0 aromatic rings. The fraction of sp³-hybridized carbons (Fsp3) is 0.500. The Morgan fingerprint density at radius 3 is 1.30 bits per heavy atom. The van der Waals surface area contributed by atoms with Gasteiger partial charge in [-0.15, -0.1) is 0 Å². The van der Waals surface area contributed by atoms with Crippen LogP contribution in [0, 0.1) is 5.41 Å². The summed E-state index contributed by atoms with van der Waals surface area (Å²) in [4.78, 5) is 21.0. The zero-order valence-electron chi connectivity index (χ0n) is 11.2. The van der Waals surface area contributed by atoms with E-state index in [4.69, 9.17) is 20.4 Å². The van der Waals surface area contributed by atoms with Crippen LogP contribution in [0.2, 0.25) is 0 Å². The van der Waals surface area contributed by atoms with Crippen LogP contribution in [-0.2, 0) is 9.59 Å². The summed E-state index contributed by atoms with van der Waals surface area (Å²) >= 11 is 0. The molecule has 6 N–H and O–H groups in total. The average Bonchev–Trinajstić information content (AvgIpc) is 2.50. The molecule has 8 heteroatoms. The van der Waals surface area contributed by atoms with Gasteiger partial charge >= 0.3 is 0 Å². The number of rotatable bonds is 8. The van der Waals surface area contributed by atoms with E-state index in [-0.39, 0.29) is 18.5 Å². The van der Waals surface area contributed by atoms with Gasteiger partial charge in [-0.3, -0.25) is 9.59 Å². The maximum absolute atomic E-state index is 10.5. The van der Waals surface area contributed by atoms with Crippen molar-refractivity contribution in [1.29, 1.82) is 0 Å². The van der Waals surface area contributed by atoms with E-state index in [2.05, 4.69) is 23.8 Å². The van der Waals surface area contributed by atoms with E-state index in [0.717, 1.165) is 12.2 Å². The van der Waals surface area contributed by atoms with Crippen LogP contribution in [0.25, 0.3) is 0 Å². The van der Waals surface area contributed by atoms with E-state index in [1.54, 1.807) is 0 Å². The zero-order valence-corrected chi connectivity index (χ0v) is 11.2. The molecule has 0 aliphatic rings. The first-order valence-electron chi connectivity index (χ1n) is 5.69. The standard InChI is InChI=1S/C7H10N2O2.C5H12O4/c1-3-6(10)8-5-9-7(11)4-2;6-1-5(2-7,3-8)4-9/h3-4H,1-2,5H2,(H,8,10)(H,9,11);6-9H,1-4H2. The second-order valence-corrected chi connectivity index (χ2v) is 3.80. The SMILES string of the molecule is C=CC(=O)NCNC(=O)C=C.OCC(CO)(CO)CO. The van der Waals surface area contributed by atoms with Crippen LogP contribution in [0.5, 0.6) is 0 Å². The zero-order chi connectivity index (χ0) is 16.0. The molecule has 0 fully saturated rings. The number of carbonyl (C=O) groups is 2. The summed E-state index contributed by atoms with van der Waals surface area (Å²) in [5.41, 5.74) is -1.11. The van der Waals surface area contributed by atoms with Crippen LogP contribution >= 0.6 is 0 Å².